The summed E-state index contributed by atoms with van der Waals surface area (Å²) >= 11 is 1.70. The van der Waals surface area contributed by atoms with Crippen molar-refractivity contribution < 1.29 is 9.59 Å². The Kier molecular flexibility index (Phi) is 9.49. The van der Waals surface area contributed by atoms with Crippen LogP contribution in [0.2, 0.25) is 0 Å². The Morgan fingerprint density at radius 2 is 1.66 bits per heavy atom. The number of aryl methyl sites for hydroxylation is 3. The topological polar surface area (TPSA) is 52.7 Å². The van der Waals surface area contributed by atoms with E-state index in [0.29, 0.717) is 19.6 Å². The molecule has 0 radical (unpaired) electrons. The van der Waals surface area contributed by atoms with Crippen LogP contribution in [-0.2, 0) is 17.9 Å². The summed E-state index contributed by atoms with van der Waals surface area (Å²) in [4.78, 5) is 32.8. The maximum Gasteiger partial charge on any atom is 0.322 e. The molecule has 1 aromatic heterocycles. The highest BCUT2D eigenvalue weighted by Crippen LogP contribution is 2.20. The molecule has 186 valence electrons. The summed E-state index contributed by atoms with van der Waals surface area (Å²) < 4.78 is 0. The second-order valence-electron chi connectivity index (χ2n) is 9.37. The lowest BCUT2D eigenvalue weighted by Crippen LogP contribution is -2.45. The van der Waals surface area contributed by atoms with Gasteiger partial charge in [-0.05, 0) is 67.6 Å². The van der Waals surface area contributed by atoms with Crippen LogP contribution < -0.4 is 5.32 Å². The van der Waals surface area contributed by atoms with Gasteiger partial charge < -0.3 is 15.1 Å². The average molecular weight is 492 g/mol. The van der Waals surface area contributed by atoms with Gasteiger partial charge in [-0.25, -0.2) is 4.79 Å². The minimum atomic E-state index is -0.242. The van der Waals surface area contributed by atoms with E-state index in [9.17, 15) is 9.59 Å². The molecule has 2 aromatic carbocycles. The van der Waals surface area contributed by atoms with E-state index in [0.717, 1.165) is 28.1 Å². The summed E-state index contributed by atoms with van der Waals surface area (Å²) in [7, 11) is 0. The molecule has 0 saturated heterocycles. The molecule has 0 spiro atoms. The van der Waals surface area contributed by atoms with E-state index in [1.807, 2.05) is 67.3 Å². The van der Waals surface area contributed by atoms with E-state index in [1.54, 1.807) is 16.2 Å². The van der Waals surface area contributed by atoms with Gasteiger partial charge in [-0.3, -0.25) is 4.79 Å². The zero-order valence-corrected chi connectivity index (χ0v) is 22.3. The van der Waals surface area contributed by atoms with Crippen LogP contribution in [0.3, 0.4) is 0 Å². The normalized spacial score (nSPS) is 11.7. The average Bonchev–Trinajstić information content (AvgIpc) is 3.25. The van der Waals surface area contributed by atoms with Crippen molar-refractivity contribution in [3.05, 3.63) is 87.1 Å². The van der Waals surface area contributed by atoms with Gasteiger partial charge in [0.25, 0.3) is 0 Å². The van der Waals surface area contributed by atoms with Crippen LogP contribution in [0, 0.1) is 26.7 Å². The number of nitrogens with zero attached hydrogens (tertiary/aromatic N) is 2. The second kappa shape index (κ2) is 12.5. The summed E-state index contributed by atoms with van der Waals surface area (Å²) in [6.07, 6.45) is 0.934. The number of thiophene rings is 1. The Morgan fingerprint density at radius 1 is 0.914 bits per heavy atom. The van der Waals surface area contributed by atoms with Gasteiger partial charge in [0.05, 0.1) is 6.54 Å². The van der Waals surface area contributed by atoms with Gasteiger partial charge >= 0.3 is 6.03 Å². The van der Waals surface area contributed by atoms with Gasteiger partial charge in [0.2, 0.25) is 5.91 Å². The molecule has 3 amide bonds. The van der Waals surface area contributed by atoms with E-state index >= 15 is 0 Å². The van der Waals surface area contributed by atoms with Gasteiger partial charge in [-0.1, -0.05) is 56.7 Å². The molecule has 0 aliphatic carbocycles. The van der Waals surface area contributed by atoms with Gasteiger partial charge in [0.1, 0.15) is 6.54 Å². The minimum absolute atomic E-state index is 0.0399. The maximum atomic E-state index is 13.6. The smallest absolute Gasteiger partial charge is 0.322 e. The van der Waals surface area contributed by atoms with Crippen LogP contribution in [0.15, 0.2) is 60.7 Å². The van der Waals surface area contributed by atoms with Crippen molar-refractivity contribution in [3.8, 4) is 0 Å². The summed E-state index contributed by atoms with van der Waals surface area (Å²) in [5.41, 5.74) is 4.11. The van der Waals surface area contributed by atoms with E-state index in [-0.39, 0.29) is 24.4 Å². The van der Waals surface area contributed by atoms with Crippen molar-refractivity contribution in [2.24, 2.45) is 5.92 Å². The highest BCUT2D eigenvalue weighted by Gasteiger charge is 2.23. The zero-order valence-electron chi connectivity index (χ0n) is 21.5. The Labute approximate surface area is 213 Å². The fourth-order valence-electron chi connectivity index (χ4n) is 3.80. The van der Waals surface area contributed by atoms with Gasteiger partial charge in [0, 0.05) is 28.5 Å². The number of urea groups is 1. The first kappa shape index (κ1) is 26.5. The van der Waals surface area contributed by atoms with Crippen LogP contribution in [0.4, 0.5) is 10.5 Å². The fraction of sp³-hybridized carbons (Fsp3) is 0.379. The summed E-state index contributed by atoms with van der Waals surface area (Å²) in [6.45, 7) is 12.0. The van der Waals surface area contributed by atoms with Crippen LogP contribution >= 0.6 is 11.3 Å². The van der Waals surface area contributed by atoms with E-state index in [4.69, 9.17) is 0 Å². The fourth-order valence-corrected chi connectivity index (χ4v) is 4.71. The van der Waals surface area contributed by atoms with Crippen LogP contribution in [0.25, 0.3) is 0 Å². The number of anilines is 1. The van der Waals surface area contributed by atoms with Gasteiger partial charge in [-0.2, -0.15) is 0 Å². The quantitative estimate of drug-likeness (QED) is 0.340. The van der Waals surface area contributed by atoms with Crippen molar-refractivity contribution >= 4 is 29.0 Å². The Hall–Kier alpha value is -3.12. The third kappa shape index (κ3) is 7.96. The number of rotatable bonds is 10. The van der Waals surface area contributed by atoms with E-state index < -0.39 is 0 Å². The zero-order chi connectivity index (χ0) is 25.4. The number of carbonyl (C=O) groups is 2. The number of nitrogens with one attached hydrogen (secondary N) is 1. The predicted molar refractivity (Wildman–Crippen MR) is 146 cm³/mol. The second-order valence-corrected chi connectivity index (χ2v) is 10.7. The maximum absolute atomic E-state index is 13.6. The largest absolute Gasteiger partial charge is 0.332 e. The molecule has 6 heteroatoms. The highest BCUT2D eigenvalue weighted by molar-refractivity contribution is 7.11. The van der Waals surface area contributed by atoms with Crippen molar-refractivity contribution in [2.45, 2.75) is 54.1 Å². The molecule has 3 aromatic rings. The Bertz CT molecular complexity index is 1130. The molecule has 1 unspecified atom stereocenters. The van der Waals surface area contributed by atoms with E-state index in [2.05, 4.69) is 38.2 Å². The lowest BCUT2D eigenvalue weighted by molar-refractivity contribution is -0.133. The number of benzene rings is 2. The Balaban J connectivity index is 1.79. The summed E-state index contributed by atoms with van der Waals surface area (Å²) in [5.74, 6) is 0.231. The molecular weight excluding hydrogens is 454 g/mol. The molecule has 0 aliphatic heterocycles. The summed E-state index contributed by atoms with van der Waals surface area (Å²) in [6, 6.07) is 19.8. The molecule has 0 fully saturated rings. The third-order valence-electron chi connectivity index (χ3n) is 6.31. The molecule has 1 heterocycles. The highest BCUT2D eigenvalue weighted by atomic mass is 32.1. The lowest BCUT2D eigenvalue weighted by atomic mass is 10.1. The molecule has 0 bridgehead atoms. The summed E-state index contributed by atoms with van der Waals surface area (Å²) in [5, 5.41) is 3.00. The number of carbonyl (C=O) groups excluding carboxylic acids is 2. The molecule has 1 N–H and O–H groups in total. The monoisotopic (exact) mass is 491 g/mol. The van der Waals surface area contributed by atoms with Crippen LogP contribution in [0.5, 0.6) is 0 Å². The van der Waals surface area contributed by atoms with Crippen molar-refractivity contribution in [3.63, 3.8) is 0 Å². The van der Waals surface area contributed by atoms with Crippen molar-refractivity contribution in [2.75, 3.05) is 18.4 Å². The van der Waals surface area contributed by atoms with Crippen LogP contribution in [0.1, 0.15) is 46.7 Å². The number of hydrogen-bond donors (Lipinski definition) is 1. The predicted octanol–water partition coefficient (Wildman–Crippen LogP) is 6.78. The first-order valence-electron chi connectivity index (χ1n) is 12.2. The molecule has 1 atom stereocenters. The van der Waals surface area contributed by atoms with Gasteiger partial charge in [-0.15, -0.1) is 11.3 Å². The molecule has 0 aliphatic rings. The number of hydrogen-bond acceptors (Lipinski definition) is 3. The molecule has 35 heavy (non-hydrogen) atoms. The number of amides is 3. The van der Waals surface area contributed by atoms with Crippen LogP contribution in [-0.4, -0.2) is 34.8 Å². The van der Waals surface area contributed by atoms with Crippen molar-refractivity contribution in [1.29, 1.82) is 0 Å². The molecular formula is C29H37N3O2S. The van der Waals surface area contributed by atoms with Crippen molar-refractivity contribution in [1.82, 2.24) is 9.80 Å². The first-order chi connectivity index (χ1) is 16.7. The standard InChI is InChI=1S/C29H37N3O2S/c1-6-21(2)17-32(29(34)30-26-14-12-22(3)23(4)16-26)20-28(33)31(18-25-10-8-7-9-11-25)19-27-15-13-24(5)35-27/h7-16,21H,6,17-20H2,1-5H3,(H,30,34). The third-order valence-corrected chi connectivity index (χ3v) is 7.30. The molecule has 0 saturated carbocycles. The first-order valence-corrected chi connectivity index (χ1v) is 13.1. The molecule has 3 rings (SSSR count). The SMILES string of the molecule is CCC(C)CN(CC(=O)N(Cc1ccccc1)Cc1ccc(C)s1)C(=O)Nc1ccc(C)c(C)c1. The molecule has 5 nitrogen and oxygen atoms in total. The van der Waals surface area contributed by atoms with E-state index in [1.165, 1.54) is 10.4 Å². The Morgan fingerprint density at radius 3 is 2.29 bits per heavy atom. The van der Waals surface area contributed by atoms with Gasteiger partial charge in [0.15, 0.2) is 0 Å². The minimum Gasteiger partial charge on any atom is -0.332 e. The lowest BCUT2D eigenvalue weighted by Gasteiger charge is -2.29.